The third-order valence-electron chi connectivity index (χ3n) is 3.42. The predicted octanol–water partition coefficient (Wildman–Crippen LogP) is 4.08. The first-order valence-electron chi connectivity index (χ1n) is 8.64. The maximum atomic E-state index is 11.8. The molecule has 7 heteroatoms. The van der Waals surface area contributed by atoms with Crippen LogP contribution in [0.3, 0.4) is 0 Å². The van der Waals surface area contributed by atoms with Gasteiger partial charge in [0.05, 0.1) is 13.2 Å². The van der Waals surface area contributed by atoms with Gasteiger partial charge in [-0.25, -0.2) is 0 Å². The van der Waals surface area contributed by atoms with Crippen molar-refractivity contribution in [3.05, 3.63) is 53.6 Å². The molecule has 0 aromatic heterocycles. The minimum absolute atomic E-state index is 0.158. The fraction of sp³-hybridized carbons (Fsp3) is 0.300. The first-order valence-corrected chi connectivity index (χ1v) is 9.02. The lowest BCUT2D eigenvalue weighted by molar-refractivity contribution is -0.147. The van der Waals surface area contributed by atoms with Crippen LogP contribution in [0.25, 0.3) is 0 Å². The number of nitrogens with one attached hydrogen (secondary N) is 1. The molecule has 0 unspecified atom stereocenters. The maximum Gasteiger partial charge on any atom is 0.306 e. The summed E-state index contributed by atoms with van der Waals surface area (Å²) in [7, 11) is 0. The van der Waals surface area contributed by atoms with Crippen molar-refractivity contribution < 1.29 is 23.8 Å². The van der Waals surface area contributed by atoms with Gasteiger partial charge in [0, 0.05) is 17.1 Å². The fourth-order valence-corrected chi connectivity index (χ4v) is 2.32. The molecule has 0 heterocycles. The number of benzene rings is 2. The zero-order valence-corrected chi connectivity index (χ0v) is 15.8. The number of amides is 1. The zero-order chi connectivity index (χ0) is 19.5. The van der Waals surface area contributed by atoms with E-state index in [-0.39, 0.29) is 13.0 Å². The first kappa shape index (κ1) is 20.6. The fourth-order valence-electron chi connectivity index (χ4n) is 2.19. The second-order valence-corrected chi connectivity index (χ2v) is 5.98. The van der Waals surface area contributed by atoms with E-state index >= 15 is 0 Å². The summed E-state index contributed by atoms with van der Waals surface area (Å²) in [5.41, 5.74) is 0.585. The van der Waals surface area contributed by atoms with Gasteiger partial charge < -0.3 is 19.5 Å². The summed E-state index contributed by atoms with van der Waals surface area (Å²) in [6.45, 7) is 2.45. The zero-order valence-electron chi connectivity index (χ0n) is 15.1. The molecule has 0 aliphatic carbocycles. The van der Waals surface area contributed by atoms with Crippen molar-refractivity contribution in [2.24, 2.45) is 0 Å². The Morgan fingerprint density at radius 2 is 1.67 bits per heavy atom. The Balaban J connectivity index is 1.63. The molecule has 1 amide bonds. The Hall–Kier alpha value is -2.73. The lowest BCUT2D eigenvalue weighted by Gasteiger charge is -2.11. The molecule has 0 aliphatic heterocycles. The van der Waals surface area contributed by atoms with E-state index in [2.05, 4.69) is 5.32 Å². The summed E-state index contributed by atoms with van der Waals surface area (Å²) >= 11 is 5.78. The largest absolute Gasteiger partial charge is 0.490 e. The molecule has 0 saturated carbocycles. The van der Waals surface area contributed by atoms with Crippen LogP contribution in [0.15, 0.2) is 48.5 Å². The van der Waals surface area contributed by atoms with Gasteiger partial charge in [0.2, 0.25) is 0 Å². The third kappa shape index (κ3) is 7.58. The van der Waals surface area contributed by atoms with Crippen LogP contribution in [0.4, 0.5) is 5.69 Å². The summed E-state index contributed by atoms with van der Waals surface area (Å²) in [5.74, 6) is 0.437. The van der Waals surface area contributed by atoms with Crippen LogP contribution in [0, 0.1) is 0 Å². The van der Waals surface area contributed by atoms with Gasteiger partial charge >= 0.3 is 5.97 Å². The Bertz CT molecular complexity index is 748. The van der Waals surface area contributed by atoms with Crippen molar-refractivity contribution in [2.75, 3.05) is 25.1 Å². The van der Waals surface area contributed by atoms with Crippen LogP contribution < -0.4 is 14.8 Å². The molecule has 1 N–H and O–H groups in total. The van der Waals surface area contributed by atoms with Gasteiger partial charge in [-0.2, -0.15) is 0 Å². The molecule has 6 nitrogen and oxygen atoms in total. The van der Waals surface area contributed by atoms with Gasteiger partial charge in [0.1, 0.15) is 0 Å². The average Bonchev–Trinajstić information content (AvgIpc) is 2.67. The van der Waals surface area contributed by atoms with Crippen molar-refractivity contribution in [2.45, 2.75) is 19.8 Å². The number of carbonyl (C=O) groups excluding carboxylic acids is 2. The van der Waals surface area contributed by atoms with E-state index in [1.54, 1.807) is 24.3 Å². The van der Waals surface area contributed by atoms with Crippen molar-refractivity contribution >= 4 is 29.2 Å². The number of esters is 1. The Labute approximate surface area is 163 Å². The van der Waals surface area contributed by atoms with Crippen LogP contribution in [0.1, 0.15) is 19.8 Å². The second kappa shape index (κ2) is 11.1. The normalized spacial score (nSPS) is 10.1. The number of anilines is 1. The number of rotatable bonds is 10. The molecule has 2 aromatic rings. The quantitative estimate of drug-likeness (QED) is 0.488. The predicted molar refractivity (Wildman–Crippen MR) is 103 cm³/mol. The van der Waals surface area contributed by atoms with E-state index < -0.39 is 11.9 Å². The molecule has 0 spiro atoms. The topological polar surface area (TPSA) is 73.9 Å². The van der Waals surface area contributed by atoms with Crippen LogP contribution in [-0.4, -0.2) is 31.7 Å². The number of halogens is 1. The molecular weight excluding hydrogens is 370 g/mol. The number of hydrogen-bond acceptors (Lipinski definition) is 5. The second-order valence-electron chi connectivity index (χ2n) is 5.55. The molecule has 0 aliphatic rings. The summed E-state index contributed by atoms with van der Waals surface area (Å²) < 4.78 is 16.1. The van der Waals surface area contributed by atoms with E-state index in [0.29, 0.717) is 41.8 Å². The number of para-hydroxylation sites is 2. The SMILES string of the molecule is CCOc1ccccc1OCCCC(=O)OCC(=O)Nc1ccc(Cl)cc1. The van der Waals surface area contributed by atoms with E-state index in [1.165, 1.54) is 0 Å². The van der Waals surface area contributed by atoms with Gasteiger partial charge in [-0.3, -0.25) is 9.59 Å². The Kier molecular flexibility index (Phi) is 8.45. The molecule has 0 bridgehead atoms. The number of carbonyl (C=O) groups is 2. The Morgan fingerprint density at radius 1 is 1.00 bits per heavy atom. The van der Waals surface area contributed by atoms with Gasteiger partial charge in [0.15, 0.2) is 18.1 Å². The summed E-state index contributed by atoms with van der Waals surface area (Å²) in [6, 6.07) is 14.0. The maximum absolute atomic E-state index is 11.8. The lowest BCUT2D eigenvalue weighted by atomic mass is 10.3. The first-order chi connectivity index (χ1) is 13.1. The highest BCUT2D eigenvalue weighted by Gasteiger charge is 2.09. The lowest BCUT2D eigenvalue weighted by Crippen LogP contribution is -2.21. The highest BCUT2D eigenvalue weighted by atomic mass is 35.5. The molecule has 2 rings (SSSR count). The molecule has 0 radical (unpaired) electrons. The summed E-state index contributed by atoms with van der Waals surface area (Å²) in [5, 5.41) is 3.19. The van der Waals surface area contributed by atoms with Crippen LogP contribution >= 0.6 is 11.6 Å². The van der Waals surface area contributed by atoms with E-state index in [0.717, 1.165) is 0 Å². The van der Waals surface area contributed by atoms with E-state index in [9.17, 15) is 9.59 Å². The summed E-state index contributed by atoms with van der Waals surface area (Å²) in [6.07, 6.45) is 0.628. The van der Waals surface area contributed by atoms with Crippen molar-refractivity contribution in [1.29, 1.82) is 0 Å². The molecule has 2 aromatic carbocycles. The third-order valence-corrected chi connectivity index (χ3v) is 3.68. The Morgan fingerprint density at radius 3 is 2.33 bits per heavy atom. The molecule has 144 valence electrons. The van der Waals surface area contributed by atoms with Gasteiger partial charge in [-0.1, -0.05) is 23.7 Å². The monoisotopic (exact) mass is 391 g/mol. The van der Waals surface area contributed by atoms with Crippen molar-refractivity contribution in [3.63, 3.8) is 0 Å². The van der Waals surface area contributed by atoms with Gasteiger partial charge in [0.25, 0.3) is 5.91 Å². The smallest absolute Gasteiger partial charge is 0.306 e. The number of hydrogen-bond donors (Lipinski definition) is 1. The highest BCUT2D eigenvalue weighted by molar-refractivity contribution is 6.30. The minimum Gasteiger partial charge on any atom is -0.490 e. The van der Waals surface area contributed by atoms with Gasteiger partial charge in [-0.05, 0) is 49.7 Å². The molecule has 0 atom stereocenters. The van der Waals surface area contributed by atoms with E-state index in [4.69, 9.17) is 25.8 Å². The highest BCUT2D eigenvalue weighted by Crippen LogP contribution is 2.26. The van der Waals surface area contributed by atoms with Crippen molar-refractivity contribution in [1.82, 2.24) is 0 Å². The van der Waals surface area contributed by atoms with Crippen LogP contribution in [0.2, 0.25) is 5.02 Å². The summed E-state index contributed by atoms with van der Waals surface area (Å²) in [4.78, 5) is 23.5. The average molecular weight is 392 g/mol. The standard InChI is InChI=1S/C20H22ClNO5/c1-2-25-17-6-3-4-7-18(17)26-13-5-8-20(24)27-14-19(23)22-16-11-9-15(21)10-12-16/h3-4,6-7,9-12H,2,5,8,13-14H2,1H3,(H,22,23). The molecule has 0 fully saturated rings. The van der Waals surface area contributed by atoms with Gasteiger partial charge in [-0.15, -0.1) is 0 Å². The van der Waals surface area contributed by atoms with E-state index in [1.807, 2.05) is 31.2 Å². The minimum atomic E-state index is -0.456. The molecular formula is C20H22ClNO5. The molecule has 27 heavy (non-hydrogen) atoms. The number of ether oxygens (including phenoxy) is 3. The van der Waals surface area contributed by atoms with Crippen molar-refractivity contribution in [3.8, 4) is 11.5 Å². The van der Waals surface area contributed by atoms with Crippen LogP contribution in [0.5, 0.6) is 11.5 Å². The van der Waals surface area contributed by atoms with Crippen LogP contribution in [-0.2, 0) is 14.3 Å². The molecule has 0 saturated heterocycles.